The molecule has 1 aromatic carbocycles. The third-order valence-electron chi connectivity index (χ3n) is 2.80. The first-order valence-electron chi connectivity index (χ1n) is 6.82. The highest BCUT2D eigenvalue weighted by molar-refractivity contribution is 9.10. The molecule has 0 amide bonds. The largest absolute Gasteiger partial charge is 0.455 e. The van der Waals surface area contributed by atoms with E-state index in [0.29, 0.717) is 5.92 Å². The van der Waals surface area contributed by atoms with Gasteiger partial charge in [0.2, 0.25) is 0 Å². The Labute approximate surface area is 142 Å². The van der Waals surface area contributed by atoms with Gasteiger partial charge in [-0.15, -0.1) is 0 Å². The summed E-state index contributed by atoms with van der Waals surface area (Å²) in [6, 6.07) is 7.93. The number of nitrogens with zero attached hydrogens (tertiary/aromatic N) is 1. The minimum absolute atomic E-state index is 0.621. The first-order chi connectivity index (χ1) is 10.0. The average molecular weight is 414 g/mol. The summed E-state index contributed by atoms with van der Waals surface area (Å²) in [5.74, 6) is 2.18. The number of pyridine rings is 1. The third-order valence-corrected chi connectivity index (χ3v) is 3.73. The van der Waals surface area contributed by atoms with Gasteiger partial charge < -0.3 is 10.1 Å². The van der Waals surface area contributed by atoms with Crippen molar-refractivity contribution in [3.63, 3.8) is 0 Å². The lowest BCUT2D eigenvalue weighted by atomic mass is 10.2. The van der Waals surface area contributed by atoms with Gasteiger partial charge in [0.05, 0.1) is 6.20 Å². The zero-order valence-corrected chi connectivity index (χ0v) is 15.2. The summed E-state index contributed by atoms with van der Waals surface area (Å²) in [4.78, 5) is 4.12. The molecule has 0 aliphatic rings. The second-order valence-electron chi connectivity index (χ2n) is 5.22. The summed E-state index contributed by atoms with van der Waals surface area (Å²) < 4.78 is 7.89. The molecule has 1 N–H and O–H groups in total. The zero-order chi connectivity index (χ0) is 15.2. The summed E-state index contributed by atoms with van der Waals surface area (Å²) in [6.45, 7) is 6.13. The highest BCUT2D eigenvalue weighted by Crippen LogP contribution is 2.29. The minimum Gasteiger partial charge on any atom is -0.455 e. The normalized spacial score (nSPS) is 10.9. The van der Waals surface area contributed by atoms with E-state index in [-0.39, 0.29) is 0 Å². The molecule has 1 aromatic heterocycles. The van der Waals surface area contributed by atoms with E-state index in [4.69, 9.17) is 4.74 Å². The van der Waals surface area contributed by atoms with E-state index < -0.39 is 0 Å². The predicted molar refractivity (Wildman–Crippen MR) is 92.7 cm³/mol. The van der Waals surface area contributed by atoms with Crippen molar-refractivity contribution in [1.82, 2.24) is 10.3 Å². The molecule has 0 unspecified atom stereocenters. The van der Waals surface area contributed by atoms with E-state index in [0.717, 1.165) is 39.1 Å². The predicted octanol–water partition coefficient (Wildman–Crippen LogP) is 5.14. The SMILES string of the molecule is CC(C)CNCc1cc(Br)ccc1Oc1cncc(Br)c1. The first kappa shape index (κ1) is 16.5. The van der Waals surface area contributed by atoms with Crippen LogP contribution in [-0.2, 0) is 6.54 Å². The van der Waals surface area contributed by atoms with Crippen LogP contribution in [0.15, 0.2) is 45.6 Å². The van der Waals surface area contributed by atoms with Gasteiger partial charge in [-0.2, -0.15) is 0 Å². The van der Waals surface area contributed by atoms with E-state index in [1.807, 2.05) is 18.2 Å². The molecule has 3 nitrogen and oxygen atoms in total. The summed E-state index contributed by atoms with van der Waals surface area (Å²) >= 11 is 6.91. The van der Waals surface area contributed by atoms with Crippen molar-refractivity contribution in [3.05, 3.63) is 51.2 Å². The summed E-state index contributed by atoms with van der Waals surface area (Å²) in [6.07, 6.45) is 3.44. The van der Waals surface area contributed by atoms with Gasteiger partial charge in [0.25, 0.3) is 0 Å². The van der Waals surface area contributed by atoms with Crippen LogP contribution in [0.3, 0.4) is 0 Å². The van der Waals surface area contributed by atoms with Gasteiger partial charge in [-0.1, -0.05) is 29.8 Å². The lowest BCUT2D eigenvalue weighted by molar-refractivity contribution is 0.466. The Morgan fingerprint density at radius 1 is 1.14 bits per heavy atom. The molecule has 0 fully saturated rings. The fraction of sp³-hybridized carbons (Fsp3) is 0.312. The van der Waals surface area contributed by atoms with Crippen LogP contribution >= 0.6 is 31.9 Å². The number of nitrogens with one attached hydrogen (secondary N) is 1. The summed E-state index contributed by atoms with van der Waals surface area (Å²) in [7, 11) is 0. The van der Waals surface area contributed by atoms with Crippen molar-refractivity contribution in [3.8, 4) is 11.5 Å². The standard InChI is InChI=1S/C16H18Br2N2O/c1-11(2)7-19-8-12-5-13(17)3-4-16(12)21-15-6-14(18)9-20-10-15/h3-6,9-11,19H,7-8H2,1-2H3. The molecule has 0 bridgehead atoms. The van der Waals surface area contributed by atoms with Crippen LogP contribution < -0.4 is 10.1 Å². The second kappa shape index (κ2) is 7.92. The molecular weight excluding hydrogens is 396 g/mol. The molecule has 0 radical (unpaired) electrons. The smallest absolute Gasteiger partial charge is 0.146 e. The van der Waals surface area contributed by atoms with E-state index >= 15 is 0 Å². The molecule has 5 heteroatoms. The molecule has 0 aliphatic heterocycles. The van der Waals surface area contributed by atoms with Gasteiger partial charge in [-0.25, -0.2) is 0 Å². The monoisotopic (exact) mass is 412 g/mol. The summed E-state index contributed by atoms with van der Waals surface area (Å²) in [5, 5.41) is 3.44. The Hall–Kier alpha value is -0.910. The molecule has 112 valence electrons. The molecule has 0 spiro atoms. The van der Waals surface area contributed by atoms with E-state index in [9.17, 15) is 0 Å². The van der Waals surface area contributed by atoms with E-state index in [2.05, 4.69) is 62.1 Å². The van der Waals surface area contributed by atoms with Crippen LogP contribution in [0.1, 0.15) is 19.4 Å². The van der Waals surface area contributed by atoms with Crippen LogP contribution in [0.4, 0.5) is 0 Å². The summed E-state index contributed by atoms with van der Waals surface area (Å²) in [5.41, 5.74) is 1.12. The Morgan fingerprint density at radius 3 is 2.67 bits per heavy atom. The van der Waals surface area contributed by atoms with Crippen LogP contribution in [0.5, 0.6) is 11.5 Å². The van der Waals surface area contributed by atoms with Gasteiger partial charge in [0, 0.05) is 27.3 Å². The van der Waals surface area contributed by atoms with Crippen LogP contribution in [0.25, 0.3) is 0 Å². The molecule has 0 aliphatic carbocycles. The number of benzene rings is 1. The van der Waals surface area contributed by atoms with E-state index in [1.54, 1.807) is 12.4 Å². The van der Waals surface area contributed by atoms with Crippen LogP contribution in [-0.4, -0.2) is 11.5 Å². The Morgan fingerprint density at radius 2 is 1.95 bits per heavy atom. The maximum Gasteiger partial charge on any atom is 0.146 e. The number of hydrogen-bond donors (Lipinski definition) is 1. The quantitative estimate of drug-likeness (QED) is 0.711. The zero-order valence-electron chi connectivity index (χ0n) is 12.1. The Bertz CT molecular complexity index is 603. The van der Waals surface area contributed by atoms with Crippen molar-refractivity contribution in [1.29, 1.82) is 0 Å². The lowest BCUT2D eigenvalue weighted by Crippen LogP contribution is -2.19. The minimum atomic E-state index is 0.621. The van der Waals surface area contributed by atoms with Crippen molar-refractivity contribution in [2.45, 2.75) is 20.4 Å². The molecule has 0 atom stereocenters. The molecule has 0 saturated heterocycles. The lowest BCUT2D eigenvalue weighted by Gasteiger charge is -2.13. The maximum atomic E-state index is 5.95. The van der Waals surface area contributed by atoms with Gasteiger partial charge >= 0.3 is 0 Å². The number of aromatic nitrogens is 1. The molecule has 2 aromatic rings. The fourth-order valence-electron chi connectivity index (χ4n) is 1.86. The second-order valence-corrected chi connectivity index (χ2v) is 7.05. The van der Waals surface area contributed by atoms with Gasteiger partial charge in [0.1, 0.15) is 11.5 Å². The molecular formula is C16H18Br2N2O. The number of ether oxygens (including phenoxy) is 1. The Kier molecular flexibility index (Phi) is 6.21. The Balaban J connectivity index is 2.14. The van der Waals surface area contributed by atoms with Crippen molar-refractivity contribution in [2.24, 2.45) is 5.92 Å². The van der Waals surface area contributed by atoms with Gasteiger partial charge in [0.15, 0.2) is 0 Å². The number of hydrogen-bond acceptors (Lipinski definition) is 3. The average Bonchev–Trinajstić information content (AvgIpc) is 2.41. The van der Waals surface area contributed by atoms with E-state index in [1.165, 1.54) is 0 Å². The maximum absolute atomic E-state index is 5.95. The number of rotatable bonds is 6. The topological polar surface area (TPSA) is 34.1 Å². The third kappa shape index (κ3) is 5.41. The molecule has 1 heterocycles. The van der Waals surface area contributed by atoms with Crippen LogP contribution in [0, 0.1) is 5.92 Å². The highest BCUT2D eigenvalue weighted by atomic mass is 79.9. The van der Waals surface area contributed by atoms with Crippen molar-refractivity contribution in [2.75, 3.05) is 6.54 Å². The number of halogens is 2. The fourth-order valence-corrected chi connectivity index (χ4v) is 2.61. The van der Waals surface area contributed by atoms with Crippen LogP contribution in [0.2, 0.25) is 0 Å². The van der Waals surface area contributed by atoms with Crippen molar-refractivity contribution < 1.29 is 4.74 Å². The molecule has 21 heavy (non-hydrogen) atoms. The molecule has 2 rings (SSSR count). The molecule has 0 saturated carbocycles. The van der Waals surface area contributed by atoms with Crippen molar-refractivity contribution >= 4 is 31.9 Å². The van der Waals surface area contributed by atoms with Gasteiger partial charge in [-0.3, -0.25) is 4.98 Å². The first-order valence-corrected chi connectivity index (χ1v) is 8.40. The highest BCUT2D eigenvalue weighted by Gasteiger charge is 2.07. The van der Waals surface area contributed by atoms with Gasteiger partial charge in [-0.05, 0) is 52.7 Å².